The van der Waals surface area contributed by atoms with Crippen LogP contribution < -0.4 is 14.8 Å². The van der Waals surface area contributed by atoms with Crippen LogP contribution in [0, 0.1) is 0 Å². The third-order valence-corrected chi connectivity index (χ3v) is 5.71. The maximum atomic E-state index is 5.94. The van der Waals surface area contributed by atoms with Crippen molar-refractivity contribution in [3.05, 3.63) is 71.8 Å². The van der Waals surface area contributed by atoms with Crippen molar-refractivity contribution < 1.29 is 9.47 Å². The first-order valence-corrected chi connectivity index (χ1v) is 11.1. The lowest BCUT2D eigenvalue weighted by Crippen LogP contribution is -2.33. The fourth-order valence-electron chi connectivity index (χ4n) is 4.35. The van der Waals surface area contributed by atoms with Crippen LogP contribution in [-0.4, -0.2) is 44.3 Å². The Hall–Kier alpha value is -2.56. The summed E-state index contributed by atoms with van der Waals surface area (Å²) < 4.78 is 11.7. The molecule has 4 heteroatoms. The second-order valence-corrected chi connectivity index (χ2v) is 7.72. The lowest BCUT2D eigenvalue weighted by atomic mass is 9.94. The molecule has 0 spiro atoms. The molecule has 1 aliphatic rings. The zero-order valence-corrected chi connectivity index (χ0v) is 18.1. The van der Waals surface area contributed by atoms with Gasteiger partial charge in [-0.15, -0.1) is 0 Å². The SMILES string of the molecule is CCOc1ccc(C(c2ccc3ccccc3c2)N2CCCNCC2)cc1OCC. The molecule has 0 amide bonds. The summed E-state index contributed by atoms with van der Waals surface area (Å²) in [4.78, 5) is 2.59. The van der Waals surface area contributed by atoms with Crippen LogP contribution in [0.15, 0.2) is 60.7 Å². The van der Waals surface area contributed by atoms with Crippen LogP contribution in [0.1, 0.15) is 37.4 Å². The summed E-state index contributed by atoms with van der Waals surface area (Å²) in [6, 6.07) is 22.1. The zero-order valence-electron chi connectivity index (χ0n) is 18.1. The lowest BCUT2D eigenvalue weighted by Gasteiger charge is -2.32. The summed E-state index contributed by atoms with van der Waals surface area (Å²) in [6.07, 6.45) is 1.15. The minimum absolute atomic E-state index is 0.185. The molecule has 30 heavy (non-hydrogen) atoms. The maximum Gasteiger partial charge on any atom is 0.161 e. The highest BCUT2D eigenvalue weighted by Gasteiger charge is 2.24. The van der Waals surface area contributed by atoms with Crippen LogP contribution in [0.25, 0.3) is 10.8 Å². The second-order valence-electron chi connectivity index (χ2n) is 7.72. The average molecular weight is 405 g/mol. The van der Waals surface area contributed by atoms with E-state index in [-0.39, 0.29) is 6.04 Å². The van der Waals surface area contributed by atoms with Gasteiger partial charge in [0.1, 0.15) is 0 Å². The summed E-state index contributed by atoms with van der Waals surface area (Å²) in [6.45, 7) is 9.46. The predicted octanol–water partition coefficient (Wildman–Crippen LogP) is 5.02. The molecule has 1 saturated heterocycles. The molecular weight excluding hydrogens is 372 g/mol. The number of fused-ring (bicyclic) bond motifs is 1. The Kier molecular flexibility index (Phi) is 6.88. The number of rotatable bonds is 7. The summed E-state index contributed by atoms with van der Waals surface area (Å²) in [5, 5.41) is 6.09. The molecule has 1 atom stereocenters. The summed E-state index contributed by atoms with van der Waals surface area (Å²) in [5.74, 6) is 1.65. The van der Waals surface area contributed by atoms with E-state index in [4.69, 9.17) is 9.47 Å². The molecule has 0 saturated carbocycles. The molecule has 0 aromatic heterocycles. The Morgan fingerprint density at radius 3 is 2.37 bits per heavy atom. The minimum Gasteiger partial charge on any atom is -0.490 e. The third-order valence-electron chi connectivity index (χ3n) is 5.71. The summed E-state index contributed by atoms with van der Waals surface area (Å²) in [5.41, 5.74) is 2.57. The monoisotopic (exact) mass is 404 g/mol. The molecule has 4 rings (SSSR count). The van der Waals surface area contributed by atoms with Gasteiger partial charge in [-0.25, -0.2) is 0 Å². The van der Waals surface area contributed by atoms with Crippen molar-refractivity contribution >= 4 is 10.8 Å². The molecule has 158 valence electrons. The van der Waals surface area contributed by atoms with Gasteiger partial charge in [0.05, 0.1) is 19.3 Å². The van der Waals surface area contributed by atoms with Gasteiger partial charge >= 0.3 is 0 Å². The standard InChI is InChI=1S/C26H32N2O2/c1-3-29-24-13-12-23(19-25(24)30-4-2)26(28-16-7-14-27-15-17-28)22-11-10-20-8-5-6-9-21(20)18-22/h5-6,8-13,18-19,26-27H,3-4,7,14-17H2,1-2H3. The molecule has 3 aromatic rings. The van der Waals surface area contributed by atoms with Gasteiger partial charge in [-0.2, -0.15) is 0 Å². The number of ether oxygens (including phenoxy) is 2. The van der Waals surface area contributed by atoms with Gasteiger partial charge in [0.2, 0.25) is 0 Å². The highest BCUT2D eigenvalue weighted by atomic mass is 16.5. The van der Waals surface area contributed by atoms with E-state index < -0.39 is 0 Å². The highest BCUT2D eigenvalue weighted by molar-refractivity contribution is 5.83. The van der Waals surface area contributed by atoms with Crippen LogP contribution in [0.2, 0.25) is 0 Å². The summed E-state index contributed by atoms with van der Waals surface area (Å²) >= 11 is 0. The Morgan fingerprint density at radius 1 is 0.800 bits per heavy atom. The van der Waals surface area contributed by atoms with E-state index in [0.717, 1.165) is 44.1 Å². The maximum absolute atomic E-state index is 5.94. The van der Waals surface area contributed by atoms with E-state index in [0.29, 0.717) is 13.2 Å². The number of benzene rings is 3. The van der Waals surface area contributed by atoms with E-state index in [9.17, 15) is 0 Å². The van der Waals surface area contributed by atoms with Gasteiger partial charge in [0, 0.05) is 19.6 Å². The van der Waals surface area contributed by atoms with Crippen molar-refractivity contribution in [2.75, 3.05) is 39.4 Å². The predicted molar refractivity (Wildman–Crippen MR) is 124 cm³/mol. The Labute approximate surface area is 179 Å². The van der Waals surface area contributed by atoms with E-state index in [1.165, 1.54) is 21.9 Å². The molecule has 0 radical (unpaired) electrons. The van der Waals surface area contributed by atoms with Crippen molar-refractivity contribution in [3.8, 4) is 11.5 Å². The van der Waals surface area contributed by atoms with E-state index >= 15 is 0 Å². The fraction of sp³-hybridized carbons (Fsp3) is 0.385. The smallest absolute Gasteiger partial charge is 0.161 e. The zero-order chi connectivity index (χ0) is 20.8. The summed E-state index contributed by atoms with van der Waals surface area (Å²) in [7, 11) is 0. The Morgan fingerprint density at radius 2 is 1.53 bits per heavy atom. The van der Waals surface area contributed by atoms with Crippen molar-refractivity contribution in [3.63, 3.8) is 0 Å². The highest BCUT2D eigenvalue weighted by Crippen LogP contribution is 2.36. The quantitative estimate of drug-likeness (QED) is 0.599. The molecule has 0 bridgehead atoms. The number of nitrogens with zero attached hydrogens (tertiary/aromatic N) is 1. The molecule has 0 aliphatic carbocycles. The minimum atomic E-state index is 0.185. The van der Waals surface area contributed by atoms with Crippen molar-refractivity contribution in [2.45, 2.75) is 26.3 Å². The number of hydrogen-bond acceptors (Lipinski definition) is 4. The molecule has 1 N–H and O–H groups in total. The van der Waals surface area contributed by atoms with Crippen LogP contribution in [0.3, 0.4) is 0 Å². The average Bonchev–Trinajstić information content (AvgIpc) is 3.05. The molecule has 4 nitrogen and oxygen atoms in total. The van der Waals surface area contributed by atoms with Crippen LogP contribution in [-0.2, 0) is 0 Å². The van der Waals surface area contributed by atoms with Gasteiger partial charge in [0.15, 0.2) is 11.5 Å². The Balaban J connectivity index is 1.79. The molecular formula is C26H32N2O2. The van der Waals surface area contributed by atoms with E-state index in [1.54, 1.807) is 0 Å². The fourth-order valence-corrected chi connectivity index (χ4v) is 4.35. The van der Waals surface area contributed by atoms with Gasteiger partial charge in [0.25, 0.3) is 0 Å². The van der Waals surface area contributed by atoms with Crippen molar-refractivity contribution in [2.24, 2.45) is 0 Å². The molecule has 1 fully saturated rings. The van der Waals surface area contributed by atoms with Crippen LogP contribution in [0.5, 0.6) is 11.5 Å². The van der Waals surface area contributed by atoms with Crippen LogP contribution >= 0.6 is 0 Å². The lowest BCUT2D eigenvalue weighted by molar-refractivity contribution is 0.239. The van der Waals surface area contributed by atoms with Gasteiger partial charge in [-0.3, -0.25) is 4.90 Å². The molecule has 1 unspecified atom stereocenters. The van der Waals surface area contributed by atoms with E-state index in [2.05, 4.69) is 70.9 Å². The molecule has 1 aliphatic heterocycles. The molecule has 1 heterocycles. The van der Waals surface area contributed by atoms with Gasteiger partial charge in [-0.05, 0) is 66.9 Å². The first kappa shape index (κ1) is 20.7. The largest absolute Gasteiger partial charge is 0.490 e. The van der Waals surface area contributed by atoms with Gasteiger partial charge in [-0.1, -0.05) is 42.5 Å². The first-order valence-electron chi connectivity index (χ1n) is 11.1. The number of nitrogens with one attached hydrogen (secondary N) is 1. The topological polar surface area (TPSA) is 33.7 Å². The normalized spacial score (nSPS) is 16.2. The van der Waals surface area contributed by atoms with E-state index in [1.807, 2.05) is 13.8 Å². The van der Waals surface area contributed by atoms with Crippen molar-refractivity contribution in [1.82, 2.24) is 10.2 Å². The second kappa shape index (κ2) is 9.96. The number of hydrogen-bond donors (Lipinski definition) is 1. The Bertz CT molecular complexity index is 964. The first-order chi connectivity index (χ1) is 14.8. The van der Waals surface area contributed by atoms with Gasteiger partial charge < -0.3 is 14.8 Å². The third kappa shape index (κ3) is 4.61. The van der Waals surface area contributed by atoms with Crippen molar-refractivity contribution in [1.29, 1.82) is 0 Å². The molecule has 3 aromatic carbocycles. The van der Waals surface area contributed by atoms with Crippen LogP contribution in [0.4, 0.5) is 0 Å².